The SMILES string of the molecule is CC(NC(C)c1ccc(S(C)(=O)=O)cc1)c1ccccc1. The molecule has 2 unspecified atom stereocenters. The highest BCUT2D eigenvalue weighted by Crippen LogP contribution is 2.20. The summed E-state index contributed by atoms with van der Waals surface area (Å²) < 4.78 is 22.9. The Bertz CT molecular complexity index is 678. The van der Waals surface area contributed by atoms with Crippen LogP contribution < -0.4 is 5.32 Å². The molecule has 0 saturated carbocycles. The van der Waals surface area contributed by atoms with Crippen LogP contribution in [0.25, 0.3) is 0 Å². The molecule has 2 rings (SSSR count). The van der Waals surface area contributed by atoms with Crippen molar-refractivity contribution >= 4 is 9.84 Å². The molecule has 0 bridgehead atoms. The molecule has 0 radical (unpaired) electrons. The molecule has 3 nitrogen and oxygen atoms in total. The third-order valence-electron chi connectivity index (χ3n) is 3.61. The Morgan fingerprint density at radius 1 is 0.810 bits per heavy atom. The van der Waals surface area contributed by atoms with Crippen LogP contribution in [-0.4, -0.2) is 14.7 Å². The summed E-state index contributed by atoms with van der Waals surface area (Å²) in [7, 11) is -3.13. The van der Waals surface area contributed by atoms with Gasteiger partial charge >= 0.3 is 0 Å². The first-order valence-electron chi connectivity index (χ1n) is 6.99. The third kappa shape index (κ3) is 4.16. The van der Waals surface area contributed by atoms with Gasteiger partial charge in [-0.05, 0) is 37.1 Å². The fourth-order valence-corrected chi connectivity index (χ4v) is 2.94. The maximum Gasteiger partial charge on any atom is 0.175 e. The fourth-order valence-electron chi connectivity index (χ4n) is 2.31. The van der Waals surface area contributed by atoms with Crippen molar-refractivity contribution in [2.45, 2.75) is 30.8 Å². The van der Waals surface area contributed by atoms with E-state index in [9.17, 15) is 8.42 Å². The predicted octanol–water partition coefficient (Wildman–Crippen LogP) is 3.50. The monoisotopic (exact) mass is 303 g/mol. The lowest BCUT2D eigenvalue weighted by atomic mass is 10.0. The molecular formula is C17H21NO2S. The van der Waals surface area contributed by atoms with Crippen LogP contribution in [0, 0.1) is 0 Å². The number of benzene rings is 2. The summed E-state index contributed by atoms with van der Waals surface area (Å²) >= 11 is 0. The van der Waals surface area contributed by atoms with Gasteiger partial charge in [0, 0.05) is 18.3 Å². The van der Waals surface area contributed by atoms with Crippen molar-refractivity contribution in [2.75, 3.05) is 6.26 Å². The van der Waals surface area contributed by atoms with E-state index >= 15 is 0 Å². The van der Waals surface area contributed by atoms with E-state index in [2.05, 4.69) is 31.3 Å². The molecule has 21 heavy (non-hydrogen) atoms. The van der Waals surface area contributed by atoms with Crippen molar-refractivity contribution < 1.29 is 8.42 Å². The van der Waals surface area contributed by atoms with E-state index in [0.29, 0.717) is 4.90 Å². The first-order valence-corrected chi connectivity index (χ1v) is 8.88. The lowest BCUT2D eigenvalue weighted by Gasteiger charge is -2.21. The first kappa shape index (κ1) is 15.7. The first-order chi connectivity index (χ1) is 9.88. The molecule has 2 aromatic carbocycles. The molecule has 0 amide bonds. The zero-order valence-corrected chi connectivity index (χ0v) is 13.4. The molecule has 2 atom stereocenters. The second-order valence-electron chi connectivity index (χ2n) is 5.36. The smallest absolute Gasteiger partial charge is 0.175 e. The standard InChI is InChI=1S/C17H21NO2S/c1-13(15-7-5-4-6-8-15)18-14(2)16-9-11-17(12-10-16)21(3,19)20/h4-14,18H,1-3H3. The molecule has 0 aliphatic heterocycles. The number of rotatable bonds is 5. The van der Waals surface area contributed by atoms with E-state index in [4.69, 9.17) is 0 Å². The molecule has 0 fully saturated rings. The zero-order valence-electron chi connectivity index (χ0n) is 12.6. The topological polar surface area (TPSA) is 46.2 Å². The lowest BCUT2D eigenvalue weighted by Crippen LogP contribution is -2.22. The van der Waals surface area contributed by atoms with Gasteiger partial charge in [-0.2, -0.15) is 0 Å². The Hall–Kier alpha value is -1.65. The summed E-state index contributed by atoms with van der Waals surface area (Å²) in [4.78, 5) is 0.356. The van der Waals surface area contributed by atoms with Gasteiger partial charge < -0.3 is 5.32 Å². The normalized spacial score (nSPS) is 14.6. The Balaban J connectivity index is 2.08. The van der Waals surface area contributed by atoms with E-state index in [-0.39, 0.29) is 12.1 Å². The van der Waals surface area contributed by atoms with Crippen molar-refractivity contribution in [3.05, 3.63) is 65.7 Å². The van der Waals surface area contributed by atoms with Gasteiger partial charge in [0.25, 0.3) is 0 Å². The minimum absolute atomic E-state index is 0.147. The van der Waals surface area contributed by atoms with E-state index in [1.54, 1.807) is 12.1 Å². The van der Waals surface area contributed by atoms with E-state index in [1.165, 1.54) is 11.8 Å². The maximum absolute atomic E-state index is 11.5. The van der Waals surface area contributed by atoms with E-state index in [1.807, 2.05) is 30.3 Å². The number of nitrogens with one attached hydrogen (secondary N) is 1. The highest BCUT2D eigenvalue weighted by Gasteiger charge is 2.12. The predicted molar refractivity (Wildman–Crippen MR) is 86.0 cm³/mol. The molecule has 0 saturated heterocycles. The summed E-state index contributed by atoms with van der Waals surface area (Å²) in [5.74, 6) is 0. The summed E-state index contributed by atoms with van der Waals surface area (Å²) in [5, 5.41) is 3.52. The van der Waals surface area contributed by atoms with Gasteiger partial charge in [0.05, 0.1) is 4.90 Å². The average Bonchev–Trinajstić information content (AvgIpc) is 2.47. The van der Waals surface area contributed by atoms with Gasteiger partial charge in [0.2, 0.25) is 0 Å². The second-order valence-corrected chi connectivity index (χ2v) is 7.38. The van der Waals surface area contributed by atoms with E-state index < -0.39 is 9.84 Å². The van der Waals surface area contributed by atoms with Crippen molar-refractivity contribution in [3.8, 4) is 0 Å². The molecule has 112 valence electrons. The fraction of sp³-hybridized carbons (Fsp3) is 0.294. The quantitative estimate of drug-likeness (QED) is 0.919. The number of sulfone groups is 1. The van der Waals surface area contributed by atoms with Crippen molar-refractivity contribution in [1.82, 2.24) is 5.32 Å². The summed E-state index contributed by atoms with van der Waals surface area (Å²) in [5.41, 5.74) is 2.31. The number of hydrogen-bond acceptors (Lipinski definition) is 3. The highest BCUT2D eigenvalue weighted by atomic mass is 32.2. The summed E-state index contributed by atoms with van der Waals surface area (Å²) in [6.45, 7) is 4.20. The maximum atomic E-state index is 11.5. The Morgan fingerprint density at radius 3 is 1.76 bits per heavy atom. The van der Waals surface area contributed by atoms with Crippen LogP contribution in [0.4, 0.5) is 0 Å². The minimum atomic E-state index is -3.13. The third-order valence-corrected chi connectivity index (χ3v) is 4.74. The van der Waals surface area contributed by atoms with E-state index in [0.717, 1.165) is 5.56 Å². The van der Waals surface area contributed by atoms with Gasteiger partial charge in [0.1, 0.15) is 0 Å². The average molecular weight is 303 g/mol. The van der Waals surface area contributed by atoms with Crippen molar-refractivity contribution in [1.29, 1.82) is 0 Å². The Labute approximate surface area is 126 Å². The van der Waals surface area contributed by atoms with Gasteiger partial charge in [-0.3, -0.25) is 0 Å². The van der Waals surface area contributed by atoms with Crippen LogP contribution >= 0.6 is 0 Å². The molecule has 0 heterocycles. The summed E-state index contributed by atoms with van der Waals surface area (Å²) in [6.07, 6.45) is 1.22. The Kier molecular flexibility index (Phi) is 4.80. The second kappa shape index (κ2) is 6.41. The van der Waals surface area contributed by atoms with Crippen molar-refractivity contribution in [2.24, 2.45) is 0 Å². The zero-order chi connectivity index (χ0) is 15.5. The molecule has 2 aromatic rings. The van der Waals surface area contributed by atoms with Gasteiger partial charge in [-0.1, -0.05) is 42.5 Å². The molecule has 1 N–H and O–H groups in total. The highest BCUT2D eigenvalue weighted by molar-refractivity contribution is 7.90. The van der Waals surface area contributed by atoms with Crippen LogP contribution in [0.1, 0.15) is 37.1 Å². The van der Waals surface area contributed by atoms with Crippen LogP contribution in [0.3, 0.4) is 0 Å². The van der Waals surface area contributed by atoms with Gasteiger partial charge in [-0.15, -0.1) is 0 Å². The summed E-state index contributed by atoms with van der Waals surface area (Å²) in [6, 6.07) is 17.7. The van der Waals surface area contributed by atoms with Gasteiger partial charge in [0.15, 0.2) is 9.84 Å². The minimum Gasteiger partial charge on any atom is -0.304 e. The van der Waals surface area contributed by atoms with Crippen LogP contribution in [0.2, 0.25) is 0 Å². The van der Waals surface area contributed by atoms with Gasteiger partial charge in [-0.25, -0.2) is 8.42 Å². The number of hydrogen-bond donors (Lipinski definition) is 1. The van der Waals surface area contributed by atoms with Crippen molar-refractivity contribution in [3.63, 3.8) is 0 Å². The van der Waals surface area contributed by atoms with Crippen LogP contribution in [0.5, 0.6) is 0 Å². The van der Waals surface area contributed by atoms with Crippen LogP contribution in [-0.2, 0) is 9.84 Å². The molecule has 0 aromatic heterocycles. The van der Waals surface area contributed by atoms with Crippen LogP contribution in [0.15, 0.2) is 59.5 Å². The molecule has 0 aliphatic rings. The molecule has 4 heteroatoms. The molecule has 0 spiro atoms. The Morgan fingerprint density at radius 2 is 1.29 bits per heavy atom. The molecule has 0 aliphatic carbocycles. The largest absolute Gasteiger partial charge is 0.304 e. The lowest BCUT2D eigenvalue weighted by molar-refractivity contribution is 0.494. The molecular weight excluding hydrogens is 282 g/mol.